The van der Waals surface area contributed by atoms with Crippen LogP contribution in [-0.2, 0) is 10.8 Å². The van der Waals surface area contributed by atoms with E-state index in [0.717, 1.165) is 11.5 Å². The Morgan fingerprint density at radius 3 is 1.78 bits per heavy atom. The molecule has 45 heavy (non-hydrogen) atoms. The summed E-state index contributed by atoms with van der Waals surface area (Å²) in [6, 6.07) is 53.8. The molecule has 2 aliphatic carbocycles. The monoisotopic (exact) mass is 574 g/mol. The van der Waals surface area contributed by atoms with Crippen LogP contribution >= 0.6 is 0 Å². The third kappa shape index (κ3) is 2.99. The van der Waals surface area contributed by atoms with E-state index in [1.807, 2.05) is 0 Å². The molecule has 212 valence electrons. The number of ether oxygens (including phenoxy) is 1. The van der Waals surface area contributed by atoms with E-state index in [0.29, 0.717) is 0 Å². The first-order valence-corrected chi connectivity index (χ1v) is 15.9. The molecule has 1 spiro atoms. The lowest BCUT2D eigenvalue weighted by Gasteiger charge is -2.36. The van der Waals surface area contributed by atoms with E-state index in [-0.39, 0.29) is 5.41 Å². The molecule has 0 saturated carbocycles. The molecular formula is C44H30O. The zero-order valence-electron chi connectivity index (χ0n) is 25.3. The highest BCUT2D eigenvalue weighted by molar-refractivity contribution is 6.07. The average Bonchev–Trinajstić information content (AvgIpc) is 3.56. The largest absolute Gasteiger partial charge is 0.457 e. The Labute approximate surface area is 263 Å². The van der Waals surface area contributed by atoms with Gasteiger partial charge in [0.25, 0.3) is 0 Å². The summed E-state index contributed by atoms with van der Waals surface area (Å²) in [5.41, 5.74) is 15.1. The summed E-state index contributed by atoms with van der Waals surface area (Å²) in [7, 11) is 0. The van der Waals surface area contributed by atoms with Gasteiger partial charge in [0.2, 0.25) is 0 Å². The van der Waals surface area contributed by atoms with Crippen molar-refractivity contribution in [2.24, 2.45) is 0 Å². The molecule has 0 radical (unpaired) electrons. The van der Waals surface area contributed by atoms with Gasteiger partial charge in [0.05, 0.1) is 5.41 Å². The molecule has 0 bridgehead atoms. The van der Waals surface area contributed by atoms with Crippen molar-refractivity contribution in [3.05, 3.63) is 179 Å². The van der Waals surface area contributed by atoms with Crippen LogP contribution in [0.4, 0.5) is 0 Å². The number of benzene rings is 7. The van der Waals surface area contributed by atoms with Gasteiger partial charge < -0.3 is 4.74 Å². The van der Waals surface area contributed by atoms with E-state index in [1.54, 1.807) is 0 Å². The van der Waals surface area contributed by atoms with E-state index in [1.165, 1.54) is 77.5 Å². The molecule has 0 amide bonds. The molecule has 0 aromatic heterocycles. The van der Waals surface area contributed by atoms with Gasteiger partial charge in [-0.3, -0.25) is 0 Å². The minimum atomic E-state index is -0.397. The third-order valence-corrected chi connectivity index (χ3v) is 10.7. The lowest BCUT2D eigenvalue weighted by atomic mass is 9.69. The molecule has 0 saturated heterocycles. The molecule has 1 heterocycles. The standard InChI is InChI=1S/C44H30O/c1-43(2)35-21-9-10-23-38(35)45-39-24-12-18-30(42(39)43)29-17-11-22-36-41(29)32-16-6-8-20-34(32)44(36)33-19-7-5-15-31(33)40-28-14-4-3-13-27(28)25-26-37(40)44/h3-26H,1-2H3. The first-order valence-electron chi connectivity index (χ1n) is 15.9. The second-order valence-electron chi connectivity index (χ2n) is 13.2. The van der Waals surface area contributed by atoms with Crippen LogP contribution in [0.3, 0.4) is 0 Å². The molecule has 0 fully saturated rings. The van der Waals surface area contributed by atoms with E-state index in [2.05, 4.69) is 159 Å². The minimum absolute atomic E-state index is 0.231. The zero-order chi connectivity index (χ0) is 29.9. The Bertz CT molecular complexity index is 2390. The van der Waals surface area contributed by atoms with Crippen molar-refractivity contribution < 1.29 is 4.74 Å². The SMILES string of the molecule is CC1(C)c2ccccc2Oc2cccc(-c3cccc4c3-c3ccccc3C43c4ccccc4-c4c3ccc3ccccc43)c21. The van der Waals surface area contributed by atoms with Crippen LogP contribution in [0.15, 0.2) is 146 Å². The topological polar surface area (TPSA) is 9.23 Å². The molecule has 7 aromatic carbocycles. The summed E-state index contributed by atoms with van der Waals surface area (Å²) in [6.07, 6.45) is 0. The maximum atomic E-state index is 6.59. The van der Waals surface area contributed by atoms with E-state index < -0.39 is 5.41 Å². The Morgan fingerprint density at radius 2 is 0.956 bits per heavy atom. The van der Waals surface area contributed by atoms with Gasteiger partial charge >= 0.3 is 0 Å². The van der Waals surface area contributed by atoms with Gasteiger partial charge in [0.1, 0.15) is 11.5 Å². The number of rotatable bonds is 1. The Kier molecular flexibility index (Phi) is 4.78. The highest BCUT2D eigenvalue weighted by atomic mass is 16.5. The Balaban J connectivity index is 1.32. The highest BCUT2D eigenvalue weighted by Gasteiger charge is 2.52. The Hall–Kier alpha value is -5.40. The smallest absolute Gasteiger partial charge is 0.132 e. The van der Waals surface area contributed by atoms with Gasteiger partial charge in [-0.05, 0) is 78.5 Å². The summed E-state index contributed by atoms with van der Waals surface area (Å²) in [6.45, 7) is 4.67. The van der Waals surface area contributed by atoms with Crippen molar-refractivity contribution >= 4 is 10.8 Å². The quantitative estimate of drug-likeness (QED) is 0.189. The molecule has 0 N–H and O–H groups in total. The lowest BCUT2D eigenvalue weighted by molar-refractivity contribution is 0.419. The predicted molar refractivity (Wildman–Crippen MR) is 184 cm³/mol. The van der Waals surface area contributed by atoms with Crippen molar-refractivity contribution in [2.75, 3.05) is 0 Å². The van der Waals surface area contributed by atoms with Crippen molar-refractivity contribution in [1.29, 1.82) is 0 Å². The van der Waals surface area contributed by atoms with Gasteiger partial charge in [-0.2, -0.15) is 0 Å². The number of hydrogen-bond donors (Lipinski definition) is 0. The van der Waals surface area contributed by atoms with Crippen molar-refractivity contribution in [3.8, 4) is 44.9 Å². The van der Waals surface area contributed by atoms with Crippen molar-refractivity contribution in [1.82, 2.24) is 0 Å². The molecule has 1 aliphatic heterocycles. The predicted octanol–water partition coefficient (Wildman–Crippen LogP) is 11.3. The highest BCUT2D eigenvalue weighted by Crippen LogP contribution is 2.65. The molecule has 1 unspecified atom stereocenters. The maximum Gasteiger partial charge on any atom is 0.132 e. The number of hydrogen-bond acceptors (Lipinski definition) is 1. The first-order chi connectivity index (χ1) is 22.1. The average molecular weight is 575 g/mol. The summed E-state index contributed by atoms with van der Waals surface area (Å²) < 4.78 is 6.59. The van der Waals surface area contributed by atoms with Crippen LogP contribution < -0.4 is 4.74 Å². The maximum absolute atomic E-state index is 6.59. The summed E-state index contributed by atoms with van der Waals surface area (Å²) in [5, 5.41) is 2.60. The lowest BCUT2D eigenvalue weighted by Crippen LogP contribution is -2.26. The van der Waals surface area contributed by atoms with Gasteiger partial charge in [0.15, 0.2) is 0 Å². The normalized spacial score (nSPS) is 17.6. The fraction of sp³-hybridized carbons (Fsp3) is 0.0909. The third-order valence-electron chi connectivity index (χ3n) is 10.7. The first kappa shape index (κ1) is 25.0. The van der Waals surface area contributed by atoms with Gasteiger partial charge in [0, 0.05) is 16.5 Å². The summed E-state index contributed by atoms with van der Waals surface area (Å²) in [5.74, 6) is 1.89. The van der Waals surface area contributed by atoms with Crippen LogP contribution in [0.2, 0.25) is 0 Å². The molecule has 1 atom stereocenters. The number of para-hydroxylation sites is 1. The second-order valence-corrected chi connectivity index (χ2v) is 13.2. The van der Waals surface area contributed by atoms with Crippen LogP contribution in [0.1, 0.15) is 47.2 Å². The van der Waals surface area contributed by atoms with Crippen LogP contribution in [0.5, 0.6) is 11.5 Å². The van der Waals surface area contributed by atoms with Crippen LogP contribution in [-0.4, -0.2) is 0 Å². The Morgan fingerprint density at radius 1 is 0.400 bits per heavy atom. The minimum Gasteiger partial charge on any atom is -0.457 e. The molecule has 1 nitrogen and oxygen atoms in total. The van der Waals surface area contributed by atoms with E-state index >= 15 is 0 Å². The number of fused-ring (bicyclic) bond motifs is 14. The van der Waals surface area contributed by atoms with Gasteiger partial charge in [-0.25, -0.2) is 0 Å². The fourth-order valence-corrected chi connectivity index (χ4v) is 8.99. The van der Waals surface area contributed by atoms with Crippen LogP contribution in [0, 0.1) is 0 Å². The molecule has 10 rings (SSSR count). The van der Waals surface area contributed by atoms with E-state index in [4.69, 9.17) is 4.74 Å². The second kappa shape index (κ2) is 8.61. The zero-order valence-corrected chi connectivity index (χ0v) is 25.3. The van der Waals surface area contributed by atoms with E-state index in [9.17, 15) is 0 Å². The van der Waals surface area contributed by atoms with Crippen molar-refractivity contribution in [3.63, 3.8) is 0 Å². The van der Waals surface area contributed by atoms with Crippen molar-refractivity contribution in [2.45, 2.75) is 24.7 Å². The summed E-state index contributed by atoms with van der Waals surface area (Å²) >= 11 is 0. The summed E-state index contributed by atoms with van der Waals surface area (Å²) in [4.78, 5) is 0. The van der Waals surface area contributed by atoms with Gasteiger partial charge in [-0.1, -0.05) is 147 Å². The fourth-order valence-electron chi connectivity index (χ4n) is 8.99. The molecule has 7 aromatic rings. The molecule has 3 aliphatic rings. The van der Waals surface area contributed by atoms with Crippen LogP contribution in [0.25, 0.3) is 44.2 Å². The van der Waals surface area contributed by atoms with Gasteiger partial charge in [-0.15, -0.1) is 0 Å². The molecule has 1 heteroatoms. The molecular weight excluding hydrogens is 544 g/mol.